The molecule has 62 valence electrons. The Kier molecular flexibility index (Phi) is 3.23. The molecule has 0 aromatic carbocycles. The number of ether oxygens (including phenoxy) is 2. The molecule has 1 atom stereocenters. The van der Waals surface area contributed by atoms with E-state index in [-0.39, 0.29) is 0 Å². The summed E-state index contributed by atoms with van der Waals surface area (Å²) in [6.45, 7) is 0. The van der Waals surface area contributed by atoms with Gasteiger partial charge in [0.05, 0.1) is 14.2 Å². The van der Waals surface area contributed by atoms with Crippen LogP contribution in [0.1, 0.15) is 6.42 Å². The summed E-state index contributed by atoms with van der Waals surface area (Å²) in [7, 11) is 3.34. The molecule has 0 saturated carbocycles. The smallest absolute Gasteiger partial charge is 0.156 e. The Morgan fingerprint density at radius 2 is 2.18 bits per heavy atom. The van der Waals surface area contributed by atoms with Crippen molar-refractivity contribution in [2.24, 2.45) is 0 Å². The molecule has 0 aromatic rings. The third kappa shape index (κ3) is 2.12. The number of methoxy groups -OCH3 is 2. The van der Waals surface area contributed by atoms with Crippen LogP contribution in [0.2, 0.25) is 0 Å². The van der Waals surface area contributed by atoms with Gasteiger partial charge < -0.3 is 9.47 Å². The summed E-state index contributed by atoms with van der Waals surface area (Å²) >= 11 is 2.37. The van der Waals surface area contributed by atoms with Crippen molar-refractivity contribution in [2.75, 3.05) is 14.2 Å². The van der Waals surface area contributed by atoms with Crippen molar-refractivity contribution < 1.29 is 9.47 Å². The fraction of sp³-hybridized carbons (Fsp3) is 0.500. The zero-order valence-electron chi connectivity index (χ0n) is 6.63. The molecule has 0 fully saturated rings. The summed E-state index contributed by atoms with van der Waals surface area (Å²) < 4.78 is 10.8. The molecule has 1 unspecified atom stereocenters. The van der Waals surface area contributed by atoms with E-state index in [0.29, 0.717) is 3.92 Å². The van der Waals surface area contributed by atoms with Gasteiger partial charge in [0.25, 0.3) is 0 Å². The third-order valence-corrected chi connectivity index (χ3v) is 2.43. The maximum atomic E-state index is 5.16. The molecule has 0 spiro atoms. The molecule has 1 aliphatic rings. The van der Waals surface area contributed by atoms with Crippen molar-refractivity contribution in [1.82, 2.24) is 0 Å². The second-order valence-corrected chi connectivity index (χ2v) is 3.87. The normalized spacial score (nSPS) is 23.7. The zero-order valence-corrected chi connectivity index (χ0v) is 8.79. The Balaban J connectivity index is 2.76. The molecule has 0 amide bonds. The number of alkyl halides is 1. The molecule has 3 heteroatoms. The first kappa shape index (κ1) is 8.90. The van der Waals surface area contributed by atoms with Crippen LogP contribution in [0.3, 0.4) is 0 Å². The summed E-state index contributed by atoms with van der Waals surface area (Å²) in [5.41, 5.74) is 0. The largest absolute Gasteiger partial charge is 0.497 e. The van der Waals surface area contributed by atoms with E-state index in [4.69, 9.17) is 9.47 Å². The van der Waals surface area contributed by atoms with Gasteiger partial charge in [-0.2, -0.15) is 0 Å². The van der Waals surface area contributed by atoms with Crippen molar-refractivity contribution in [3.05, 3.63) is 23.7 Å². The molecule has 11 heavy (non-hydrogen) atoms. The summed E-state index contributed by atoms with van der Waals surface area (Å²) in [5, 5.41) is 0. The molecule has 0 saturated heterocycles. The lowest BCUT2D eigenvalue weighted by molar-refractivity contribution is 0.220. The van der Waals surface area contributed by atoms with E-state index in [2.05, 4.69) is 28.7 Å². The van der Waals surface area contributed by atoms with E-state index in [9.17, 15) is 0 Å². The second kappa shape index (κ2) is 3.99. The lowest BCUT2D eigenvalue weighted by Gasteiger charge is -2.16. The van der Waals surface area contributed by atoms with Gasteiger partial charge in [-0.3, -0.25) is 0 Å². The summed E-state index contributed by atoms with van der Waals surface area (Å²) in [6, 6.07) is 0. The van der Waals surface area contributed by atoms with Crippen LogP contribution in [0.4, 0.5) is 0 Å². The van der Waals surface area contributed by atoms with Crippen LogP contribution in [-0.2, 0) is 9.47 Å². The molecule has 0 radical (unpaired) electrons. The van der Waals surface area contributed by atoms with Crippen molar-refractivity contribution in [1.29, 1.82) is 0 Å². The van der Waals surface area contributed by atoms with Crippen LogP contribution >= 0.6 is 22.6 Å². The second-order valence-electron chi connectivity index (χ2n) is 2.27. The first-order valence-electron chi connectivity index (χ1n) is 3.41. The van der Waals surface area contributed by atoms with Gasteiger partial charge in [-0.25, -0.2) is 0 Å². The van der Waals surface area contributed by atoms with Gasteiger partial charge in [0, 0.05) is 10.3 Å². The highest BCUT2D eigenvalue weighted by Gasteiger charge is 2.14. The van der Waals surface area contributed by atoms with Gasteiger partial charge in [0.2, 0.25) is 0 Å². The molecule has 1 rings (SSSR count). The average molecular weight is 266 g/mol. The molecular formula is C8H11IO2. The summed E-state index contributed by atoms with van der Waals surface area (Å²) in [4.78, 5) is 0. The van der Waals surface area contributed by atoms with E-state index in [0.717, 1.165) is 17.9 Å². The van der Waals surface area contributed by atoms with Crippen molar-refractivity contribution in [2.45, 2.75) is 10.3 Å². The van der Waals surface area contributed by atoms with E-state index in [1.54, 1.807) is 14.2 Å². The minimum Gasteiger partial charge on any atom is -0.497 e. The van der Waals surface area contributed by atoms with Crippen molar-refractivity contribution in [3.63, 3.8) is 0 Å². The van der Waals surface area contributed by atoms with Crippen LogP contribution in [0, 0.1) is 0 Å². The number of hydrogen-bond acceptors (Lipinski definition) is 2. The number of hydrogen-bond donors (Lipinski definition) is 0. The Bertz CT molecular complexity index is 196. The Labute approximate surface area is 80.4 Å². The minimum absolute atomic E-state index is 0.529. The number of halogens is 1. The summed E-state index contributed by atoms with van der Waals surface area (Å²) in [5.74, 6) is 1.79. The van der Waals surface area contributed by atoms with Crippen LogP contribution in [0.15, 0.2) is 23.7 Å². The lowest BCUT2D eigenvalue weighted by atomic mass is 10.1. The highest BCUT2D eigenvalue weighted by Crippen LogP contribution is 2.24. The topological polar surface area (TPSA) is 18.5 Å². The van der Waals surface area contributed by atoms with Gasteiger partial charge in [0.1, 0.15) is 5.76 Å². The molecule has 0 N–H and O–H groups in total. The van der Waals surface area contributed by atoms with E-state index >= 15 is 0 Å². The van der Waals surface area contributed by atoms with Crippen LogP contribution in [0.5, 0.6) is 0 Å². The molecule has 2 nitrogen and oxygen atoms in total. The molecule has 0 bridgehead atoms. The fourth-order valence-electron chi connectivity index (χ4n) is 0.996. The SMILES string of the molecule is COC1=C(OC)CC(I)C=C1. The maximum Gasteiger partial charge on any atom is 0.156 e. The van der Waals surface area contributed by atoms with E-state index in [1.165, 1.54) is 0 Å². The highest BCUT2D eigenvalue weighted by atomic mass is 127. The maximum absolute atomic E-state index is 5.16. The highest BCUT2D eigenvalue weighted by molar-refractivity contribution is 14.1. The molecular weight excluding hydrogens is 255 g/mol. The first-order chi connectivity index (χ1) is 5.27. The fourth-order valence-corrected chi connectivity index (χ4v) is 1.60. The first-order valence-corrected chi connectivity index (χ1v) is 4.66. The summed E-state index contributed by atoms with van der Waals surface area (Å²) in [6.07, 6.45) is 5.00. The number of rotatable bonds is 2. The van der Waals surface area contributed by atoms with E-state index in [1.807, 2.05) is 6.08 Å². The van der Waals surface area contributed by atoms with Crippen LogP contribution in [-0.4, -0.2) is 18.1 Å². The predicted molar refractivity (Wildman–Crippen MR) is 52.6 cm³/mol. The van der Waals surface area contributed by atoms with Gasteiger partial charge in [-0.05, 0) is 6.08 Å². The number of allylic oxidation sites excluding steroid dienone is 3. The Morgan fingerprint density at radius 3 is 2.73 bits per heavy atom. The Morgan fingerprint density at radius 1 is 1.45 bits per heavy atom. The molecule has 1 aliphatic carbocycles. The molecule has 0 heterocycles. The van der Waals surface area contributed by atoms with Gasteiger partial charge in [-0.15, -0.1) is 0 Å². The Hall–Kier alpha value is -0.190. The minimum atomic E-state index is 0.529. The van der Waals surface area contributed by atoms with Crippen molar-refractivity contribution >= 4 is 22.6 Å². The van der Waals surface area contributed by atoms with Crippen LogP contribution < -0.4 is 0 Å². The lowest BCUT2D eigenvalue weighted by Crippen LogP contribution is -2.06. The molecule has 0 aliphatic heterocycles. The van der Waals surface area contributed by atoms with Crippen molar-refractivity contribution in [3.8, 4) is 0 Å². The standard InChI is InChI=1S/C8H11IO2/c1-10-7-4-3-6(9)5-8(7)11-2/h3-4,6H,5H2,1-2H3. The zero-order chi connectivity index (χ0) is 8.27. The van der Waals surface area contributed by atoms with Gasteiger partial charge in [-0.1, -0.05) is 28.7 Å². The monoisotopic (exact) mass is 266 g/mol. The predicted octanol–water partition coefficient (Wildman–Crippen LogP) is 2.25. The quantitative estimate of drug-likeness (QED) is 0.563. The van der Waals surface area contributed by atoms with E-state index < -0.39 is 0 Å². The van der Waals surface area contributed by atoms with Gasteiger partial charge in [0.15, 0.2) is 5.76 Å². The van der Waals surface area contributed by atoms with Crippen LogP contribution in [0.25, 0.3) is 0 Å². The third-order valence-electron chi connectivity index (χ3n) is 1.58. The molecule has 0 aromatic heterocycles. The average Bonchev–Trinajstić information content (AvgIpc) is 2.04. The van der Waals surface area contributed by atoms with Gasteiger partial charge >= 0.3 is 0 Å².